The Hall–Kier alpha value is -2.96. The summed E-state index contributed by atoms with van der Waals surface area (Å²) in [6.45, 7) is 2.93. The van der Waals surface area contributed by atoms with Crippen LogP contribution in [0.1, 0.15) is 24.4 Å². The summed E-state index contributed by atoms with van der Waals surface area (Å²) in [6, 6.07) is 9.64. The molecule has 2 aromatic heterocycles. The van der Waals surface area contributed by atoms with Crippen LogP contribution < -0.4 is 0 Å². The van der Waals surface area contributed by atoms with Gasteiger partial charge in [-0.15, -0.1) is 10.2 Å². The van der Waals surface area contributed by atoms with Crippen LogP contribution >= 0.6 is 0 Å². The standard InChI is InChI=1S/C16H16N6O/c1-11-16(23)21(9-12-5-3-2-4-6-12)10-14-19-20-15(22(11)14)13-7-17-18-8-13/h2-8,11H,9-10H2,1H3,(H,17,18)/t11-/m1/s1. The first kappa shape index (κ1) is 13.7. The van der Waals surface area contributed by atoms with Crippen molar-refractivity contribution in [3.63, 3.8) is 0 Å². The predicted molar refractivity (Wildman–Crippen MR) is 83.0 cm³/mol. The Morgan fingerprint density at radius 2 is 2.09 bits per heavy atom. The molecule has 0 aliphatic carbocycles. The van der Waals surface area contributed by atoms with Crippen molar-refractivity contribution in [2.45, 2.75) is 26.1 Å². The van der Waals surface area contributed by atoms with E-state index in [4.69, 9.17) is 0 Å². The summed E-state index contributed by atoms with van der Waals surface area (Å²) in [5, 5.41) is 15.2. The normalized spacial score (nSPS) is 17.3. The van der Waals surface area contributed by atoms with E-state index in [0.717, 1.165) is 17.0 Å². The molecule has 0 fully saturated rings. The van der Waals surface area contributed by atoms with Gasteiger partial charge < -0.3 is 4.90 Å². The van der Waals surface area contributed by atoms with Gasteiger partial charge in [-0.3, -0.25) is 14.5 Å². The van der Waals surface area contributed by atoms with Gasteiger partial charge in [-0.2, -0.15) is 5.10 Å². The number of amides is 1. The third-order valence-electron chi connectivity index (χ3n) is 4.13. The molecule has 0 spiro atoms. The lowest BCUT2D eigenvalue weighted by Gasteiger charge is -2.32. The topological polar surface area (TPSA) is 79.7 Å². The predicted octanol–water partition coefficient (Wildman–Crippen LogP) is 1.77. The zero-order chi connectivity index (χ0) is 15.8. The Morgan fingerprint density at radius 1 is 1.26 bits per heavy atom. The van der Waals surface area contributed by atoms with Crippen LogP contribution in [-0.4, -0.2) is 35.8 Å². The van der Waals surface area contributed by atoms with E-state index in [0.29, 0.717) is 18.9 Å². The molecule has 23 heavy (non-hydrogen) atoms. The Balaban J connectivity index is 1.66. The highest BCUT2D eigenvalue weighted by molar-refractivity contribution is 5.82. The highest BCUT2D eigenvalue weighted by Crippen LogP contribution is 2.28. The van der Waals surface area contributed by atoms with Crippen molar-refractivity contribution < 1.29 is 4.79 Å². The molecule has 1 amide bonds. The maximum atomic E-state index is 12.7. The lowest BCUT2D eigenvalue weighted by atomic mass is 10.1. The van der Waals surface area contributed by atoms with Crippen LogP contribution in [0.3, 0.4) is 0 Å². The zero-order valence-electron chi connectivity index (χ0n) is 12.7. The molecule has 0 saturated carbocycles. The number of nitrogens with zero attached hydrogens (tertiary/aromatic N) is 5. The molecule has 1 aliphatic heterocycles. The first-order valence-electron chi connectivity index (χ1n) is 7.49. The molecule has 7 heteroatoms. The van der Waals surface area contributed by atoms with Gasteiger partial charge in [-0.25, -0.2) is 0 Å². The number of rotatable bonds is 3. The Labute approximate surface area is 133 Å². The van der Waals surface area contributed by atoms with Gasteiger partial charge in [0.1, 0.15) is 6.04 Å². The smallest absolute Gasteiger partial charge is 0.246 e. The lowest BCUT2D eigenvalue weighted by Crippen LogP contribution is -2.41. The average molecular weight is 308 g/mol. The summed E-state index contributed by atoms with van der Waals surface area (Å²) < 4.78 is 1.90. The van der Waals surface area contributed by atoms with E-state index in [9.17, 15) is 4.79 Å². The fourth-order valence-corrected chi connectivity index (χ4v) is 2.97. The van der Waals surface area contributed by atoms with Crippen molar-refractivity contribution in [1.29, 1.82) is 0 Å². The maximum Gasteiger partial charge on any atom is 0.246 e. The van der Waals surface area contributed by atoms with Gasteiger partial charge in [0.2, 0.25) is 5.91 Å². The van der Waals surface area contributed by atoms with Gasteiger partial charge in [0, 0.05) is 12.7 Å². The second-order valence-corrected chi connectivity index (χ2v) is 5.65. The molecule has 0 radical (unpaired) electrons. The molecule has 0 saturated heterocycles. The second-order valence-electron chi connectivity index (χ2n) is 5.65. The molecule has 7 nitrogen and oxygen atoms in total. The van der Waals surface area contributed by atoms with Crippen molar-refractivity contribution >= 4 is 5.91 Å². The maximum absolute atomic E-state index is 12.7. The summed E-state index contributed by atoms with van der Waals surface area (Å²) in [7, 11) is 0. The number of nitrogens with one attached hydrogen (secondary N) is 1. The molecule has 3 heterocycles. The highest BCUT2D eigenvalue weighted by Gasteiger charge is 2.33. The number of aromatic amines is 1. The molecule has 1 aliphatic rings. The molecule has 4 rings (SSSR count). The fourth-order valence-electron chi connectivity index (χ4n) is 2.97. The summed E-state index contributed by atoms with van der Waals surface area (Å²) in [4.78, 5) is 14.6. The van der Waals surface area contributed by atoms with Gasteiger partial charge in [-0.05, 0) is 12.5 Å². The Bertz CT molecular complexity index is 824. The summed E-state index contributed by atoms with van der Waals surface area (Å²) in [5.41, 5.74) is 1.94. The van der Waals surface area contributed by atoms with Crippen LogP contribution in [-0.2, 0) is 17.9 Å². The van der Waals surface area contributed by atoms with Gasteiger partial charge in [0.05, 0.1) is 18.3 Å². The van der Waals surface area contributed by atoms with Crippen molar-refractivity contribution in [3.05, 3.63) is 54.1 Å². The minimum atomic E-state index is -0.331. The lowest BCUT2D eigenvalue weighted by molar-refractivity contribution is -0.137. The number of carbonyl (C=O) groups excluding carboxylic acids is 1. The van der Waals surface area contributed by atoms with Gasteiger partial charge in [0.15, 0.2) is 11.6 Å². The molecular formula is C16H16N6O. The van der Waals surface area contributed by atoms with Crippen molar-refractivity contribution in [2.24, 2.45) is 0 Å². The van der Waals surface area contributed by atoms with E-state index >= 15 is 0 Å². The zero-order valence-corrected chi connectivity index (χ0v) is 12.7. The number of aromatic nitrogens is 5. The van der Waals surface area contributed by atoms with Gasteiger partial charge in [-0.1, -0.05) is 30.3 Å². The van der Waals surface area contributed by atoms with Crippen LogP contribution in [0.2, 0.25) is 0 Å². The molecule has 3 aromatic rings. The van der Waals surface area contributed by atoms with E-state index in [1.807, 2.05) is 46.7 Å². The first-order chi connectivity index (χ1) is 11.2. The van der Waals surface area contributed by atoms with Crippen LogP contribution in [0.4, 0.5) is 0 Å². The van der Waals surface area contributed by atoms with Crippen LogP contribution in [0.15, 0.2) is 42.7 Å². The van der Waals surface area contributed by atoms with E-state index in [1.54, 1.807) is 12.4 Å². The monoisotopic (exact) mass is 308 g/mol. The minimum Gasteiger partial charge on any atom is -0.329 e. The van der Waals surface area contributed by atoms with Crippen LogP contribution in [0, 0.1) is 0 Å². The Kier molecular flexibility index (Phi) is 3.18. The summed E-state index contributed by atoms with van der Waals surface area (Å²) in [6.07, 6.45) is 3.44. The molecule has 1 N–H and O–H groups in total. The van der Waals surface area contributed by atoms with E-state index < -0.39 is 0 Å². The summed E-state index contributed by atoms with van der Waals surface area (Å²) >= 11 is 0. The average Bonchev–Trinajstić information content (AvgIpc) is 3.22. The number of hydrogen-bond acceptors (Lipinski definition) is 4. The third-order valence-corrected chi connectivity index (χ3v) is 4.13. The fraction of sp³-hybridized carbons (Fsp3) is 0.250. The molecule has 1 aromatic carbocycles. The number of fused-ring (bicyclic) bond motifs is 1. The van der Waals surface area contributed by atoms with Gasteiger partial charge >= 0.3 is 0 Å². The van der Waals surface area contributed by atoms with Crippen LogP contribution in [0.5, 0.6) is 0 Å². The molecule has 116 valence electrons. The van der Waals surface area contributed by atoms with Crippen molar-refractivity contribution in [1.82, 2.24) is 29.9 Å². The molecular weight excluding hydrogens is 292 g/mol. The van der Waals surface area contributed by atoms with Gasteiger partial charge in [0.25, 0.3) is 0 Å². The number of benzene rings is 1. The second kappa shape index (κ2) is 5.35. The third kappa shape index (κ3) is 2.30. The largest absolute Gasteiger partial charge is 0.329 e. The highest BCUT2D eigenvalue weighted by atomic mass is 16.2. The molecule has 1 atom stereocenters. The quantitative estimate of drug-likeness (QED) is 0.799. The van der Waals surface area contributed by atoms with Crippen molar-refractivity contribution in [2.75, 3.05) is 0 Å². The van der Waals surface area contributed by atoms with E-state index in [1.165, 1.54) is 0 Å². The SMILES string of the molecule is C[C@@H]1C(=O)N(Cc2ccccc2)Cc2nnc(-c3cn[nH]c3)n21. The summed E-state index contributed by atoms with van der Waals surface area (Å²) in [5.74, 6) is 1.55. The van der Waals surface area contributed by atoms with E-state index in [-0.39, 0.29) is 11.9 Å². The first-order valence-corrected chi connectivity index (χ1v) is 7.49. The van der Waals surface area contributed by atoms with Crippen LogP contribution in [0.25, 0.3) is 11.4 Å². The Morgan fingerprint density at radius 3 is 2.83 bits per heavy atom. The minimum absolute atomic E-state index is 0.0749. The molecule has 0 unspecified atom stereocenters. The number of H-pyrrole nitrogens is 1. The van der Waals surface area contributed by atoms with E-state index in [2.05, 4.69) is 20.4 Å². The number of carbonyl (C=O) groups is 1. The number of hydrogen-bond donors (Lipinski definition) is 1. The molecule has 0 bridgehead atoms. The van der Waals surface area contributed by atoms with Crippen molar-refractivity contribution in [3.8, 4) is 11.4 Å².